The van der Waals surface area contributed by atoms with Gasteiger partial charge in [0, 0.05) is 4.47 Å². The third kappa shape index (κ3) is 4.42. The van der Waals surface area contributed by atoms with Crippen LogP contribution in [0.3, 0.4) is 0 Å². The molecular formula is C14H21BrN2O. The highest BCUT2D eigenvalue weighted by Gasteiger charge is 2.18. The molecule has 18 heavy (non-hydrogen) atoms. The van der Waals surface area contributed by atoms with Crippen molar-refractivity contribution in [1.29, 1.82) is 0 Å². The van der Waals surface area contributed by atoms with Crippen molar-refractivity contribution in [2.75, 3.05) is 0 Å². The normalized spacial score (nSPS) is 14.3. The lowest BCUT2D eigenvalue weighted by molar-refractivity contribution is -0.123. The summed E-state index contributed by atoms with van der Waals surface area (Å²) in [6, 6.07) is 7.37. The minimum atomic E-state index is -0.435. The zero-order valence-electron chi connectivity index (χ0n) is 11.1. The molecule has 3 N–H and O–H groups in total. The Bertz CT molecular complexity index is 407. The van der Waals surface area contributed by atoms with E-state index in [1.807, 2.05) is 31.2 Å². The Kier molecular flexibility index (Phi) is 5.82. The van der Waals surface area contributed by atoms with Crippen molar-refractivity contribution in [3.05, 3.63) is 34.3 Å². The summed E-state index contributed by atoms with van der Waals surface area (Å²) >= 11 is 3.48. The molecule has 0 spiro atoms. The van der Waals surface area contributed by atoms with E-state index in [1.54, 1.807) is 0 Å². The van der Waals surface area contributed by atoms with Gasteiger partial charge in [-0.3, -0.25) is 4.79 Å². The number of hydrogen-bond acceptors (Lipinski definition) is 2. The van der Waals surface area contributed by atoms with Gasteiger partial charge in [0.2, 0.25) is 5.91 Å². The van der Waals surface area contributed by atoms with Crippen molar-refractivity contribution in [3.8, 4) is 0 Å². The first-order valence-corrected chi connectivity index (χ1v) is 7.01. The molecule has 0 fully saturated rings. The van der Waals surface area contributed by atoms with Gasteiger partial charge in [0.15, 0.2) is 0 Å². The highest BCUT2D eigenvalue weighted by molar-refractivity contribution is 9.10. The van der Waals surface area contributed by atoms with Gasteiger partial charge in [-0.25, -0.2) is 0 Å². The van der Waals surface area contributed by atoms with Gasteiger partial charge >= 0.3 is 0 Å². The molecule has 3 nitrogen and oxygen atoms in total. The zero-order chi connectivity index (χ0) is 13.7. The van der Waals surface area contributed by atoms with Crippen LogP contribution in [-0.4, -0.2) is 11.9 Å². The van der Waals surface area contributed by atoms with E-state index < -0.39 is 6.04 Å². The van der Waals surface area contributed by atoms with Crippen LogP contribution < -0.4 is 11.1 Å². The highest BCUT2D eigenvalue weighted by atomic mass is 79.9. The second kappa shape index (κ2) is 6.90. The molecule has 100 valence electrons. The average Bonchev–Trinajstić information content (AvgIpc) is 2.28. The van der Waals surface area contributed by atoms with E-state index in [0.29, 0.717) is 12.3 Å². The van der Waals surface area contributed by atoms with Gasteiger partial charge < -0.3 is 11.1 Å². The largest absolute Gasteiger partial charge is 0.348 e. The number of hydrogen-bond donors (Lipinski definition) is 2. The Morgan fingerprint density at radius 3 is 2.50 bits per heavy atom. The molecule has 0 radical (unpaired) electrons. The molecule has 1 amide bonds. The number of rotatable bonds is 5. The Labute approximate surface area is 117 Å². The fourth-order valence-electron chi connectivity index (χ4n) is 1.84. The average molecular weight is 313 g/mol. The number of amides is 1. The Hall–Kier alpha value is -0.870. The van der Waals surface area contributed by atoms with Crippen LogP contribution in [0.4, 0.5) is 0 Å². The Balaban J connectivity index is 2.62. The maximum absolute atomic E-state index is 11.9. The molecule has 1 aromatic rings. The van der Waals surface area contributed by atoms with Gasteiger partial charge in [-0.1, -0.05) is 48.0 Å². The summed E-state index contributed by atoms with van der Waals surface area (Å²) in [5, 5.41) is 2.95. The van der Waals surface area contributed by atoms with Gasteiger partial charge in [-0.15, -0.1) is 0 Å². The van der Waals surface area contributed by atoms with Crippen LogP contribution in [0.1, 0.15) is 38.8 Å². The standard InChI is InChI=1S/C14H21BrN2O/c1-9(2)8-13(16)14(18)17-10(3)11-6-4-5-7-12(11)15/h4-7,9-10,13H,8,16H2,1-3H3,(H,17,18)/t10-,13-/m1/s1. The number of carbonyl (C=O) groups is 1. The molecule has 1 aromatic carbocycles. The van der Waals surface area contributed by atoms with Crippen LogP contribution in [0, 0.1) is 5.92 Å². The summed E-state index contributed by atoms with van der Waals surface area (Å²) in [6.07, 6.45) is 0.703. The van der Waals surface area contributed by atoms with Crippen molar-refractivity contribution in [2.24, 2.45) is 11.7 Å². The smallest absolute Gasteiger partial charge is 0.237 e. The van der Waals surface area contributed by atoms with Crippen molar-refractivity contribution in [1.82, 2.24) is 5.32 Å². The van der Waals surface area contributed by atoms with E-state index >= 15 is 0 Å². The van der Waals surface area contributed by atoms with Crippen LogP contribution in [0.15, 0.2) is 28.7 Å². The van der Waals surface area contributed by atoms with E-state index in [-0.39, 0.29) is 11.9 Å². The van der Waals surface area contributed by atoms with Gasteiger partial charge in [0.25, 0.3) is 0 Å². The lowest BCUT2D eigenvalue weighted by atomic mass is 10.0. The number of nitrogens with two attached hydrogens (primary N) is 1. The second-order valence-corrected chi connectivity index (χ2v) is 5.84. The number of benzene rings is 1. The van der Waals surface area contributed by atoms with E-state index in [9.17, 15) is 4.79 Å². The number of carbonyl (C=O) groups excluding carboxylic acids is 1. The maximum atomic E-state index is 11.9. The molecule has 0 unspecified atom stereocenters. The van der Waals surface area contributed by atoms with Crippen LogP contribution in [0.2, 0.25) is 0 Å². The summed E-state index contributed by atoms with van der Waals surface area (Å²) in [7, 11) is 0. The molecule has 0 saturated heterocycles. The molecule has 4 heteroatoms. The predicted octanol–water partition coefficient (Wildman–Crippen LogP) is 3.00. The van der Waals surface area contributed by atoms with Crippen molar-refractivity contribution >= 4 is 21.8 Å². The third-order valence-electron chi connectivity index (χ3n) is 2.79. The first-order valence-electron chi connectivity index (χ1n) is 6.22. The number of halogens is 1. The van der Waals surface area contributed by atoms with Crippen LogP contribution in [-0.2, 0) is 4.79 Å². The molecule has 2 atom stereocenters. The second-order valence-electron chi connectivity index (χ2n) is 4.99. The lowest BCUT2D eigenvalue weighted by Crippen LogP contribution is -2.42. The van der Waals surface area contributed by atoms with Gasteiger partial charge in [0.05, 0.1) is 12.1 Å². The van der Waals surface area contributed by atoms with Gasteiger partial charge in [0.1, 0.15) is 0 Å². The SMILES string of the molecule is CC(C)C[C@@H](N)C(=O)N[C@H](C)c1ccccc1Br. The van der Waals surface area contributed by atoms with Crippen molar-refractivity contribution in [3.63, 3.8) is 0 Å². The predicted molar refractivity (Wildman–Crippen MR) is 78.1 cm³/mol. The molecule has 0 aliphatic rings. The van der Waals surface area contributed by atoms with E-state index in [0.717, 1.165) is 10.0 Å². The molecule has 0 heterocycles. The van der Waals surface area contributed by atoms with Crippen LogP contribution >= 0.6 is 15.9 Å². The quantitative estimate of drug-likeness (QED) is 0.878. The van der Waals surface area contributed by atoms with Crippen LogP contribution in [0.25, 0.3) is 0 Å². The summed E-state index contributed by atoms with van der Waals surface area (Å²) in [4.78, 5) is 11.9. The molecule has 0 saturated carbocycles. The first kappa shape index (κ1) is 15.2. The molecule has 0 bridgehead atoms. The van der Waals surface area contributed by atoms with Crippen molar-refractivity contribution < 1.29 is 4.79 Å². The van der Waals surface area contributed by atoms with Gasteiger partial charge in [-0.2, -0.15) is 0 Å². The summed E-state index contributed by atoms with van der Waals surface area (Å²) in [5.74, 6) is 0.330. The fraction of sp³-hybridized carbons (Fsp3) is 0.500. The maximum Gasteiger partial charge on any atom is 0.237 e. The Morgan fingerprint density at radius 2 is 1.94 bits per heavy atom. The lowest BCUT2D eigenvalue weighted by Gasteiger charge is -2.19. The molecule has 0 aliphatic carbocycles. The minimum Gasteiger partial charge on any atom is -0.348 e. The third-order valence-corrected chi connectivity index (χ3v) is 3.51. The molecule has 1 rings (SSSR count). The van der Waals surface area contributed by atoms with E-state index in [4.69, 9.17) is 5.73 Å². The highest BCUT2D eigenvalue weighted by Crippen LogP contribution is 2.22. The van der Waals surface area contributed by atoms with Crippen LogP contribution in [0.5, 0.6) is 0 Å². The van der Waals surface area contributed by atoms with E-state index in [2.05, 4.69) is 35.1 Å². The monoisotopic (exact) mass is 312 g/mol. The van der Waals surface area contributed by atoms with Crippen molar-refractivity contribution in [2.45, 2.75) is 39.3 Å². The summed E-state index contributed by atoms with van der Waals surface area (Å²) in [5.41, 5.74) is 6.92. The summed E-state index contributed by atoms with van der Waals surface area (Å²) < 4.78 is 0.996. The van der Waals surface area contributed by atoms with E-state index in [1.165, 1.54) is 0 Å². The molecule has 0 aliphatic heterocycles. The zero-order valence-corrected chi connectivity index (χ0v) is 12.7. The van der Waals surface area contributed by atoms with Gasteiger partial charge in [-0.05, 0) is 30.9 Å². The fourth-order valence-corrected chi connectivity index (χ4v) is 2.47. The minimum absolute atomic E-state index is 0.0497. The Morgan fingerprint density at radius 1 is 1.33 bits per heavy atom. The first-order chi connectivity index (χ1) is 8.41. The summed E-state index contributed by atoms with van der Waals surface area (Å²) in [6.45, 7) is 6.08. The number of nitrogens with one attached hydrogen (secondary N) is 1. The topological polar surface area (TPSA) is 55.1 Å². The molecular weight excluding hydrogens is 292 g/mol. The molecule has 0 aromatic heterocycles.